The second-order valence-electron chi connectivity index (χ2n) is 6.38. The van der Waals surface area contributed by atoms with E-state index in [1.54, 1.807) is 19.1 Å². The minimum Gasteiger partial charge on any atom is -0.383 e. The predicted molar refractivity (Wildman–Crippen MR) is 117 cm³/mol. The van der Waals surface area contributed by atoms with Gasteiger partial charge in [0, 0.05) is 44.3 Å². The fraction of sp³-hybridized carbons (Fsp3) is 0.364. The van der Waals surface area contributed by atoms with Gasteiger partial charge in [0.2, 0.25) is 5.91 Å². The summed E-state index contributed by atoms with van der Waals surface area (Å²) in [5, 5.41) is 2.87. The zero-order valence-electron chi connectivity index (χ0n) is 16.9. The van der Waals surface area contributed by atoms with E-state index in [1.165, 1.54) is 11.8 Å². The molecule has 2 amide bonds. The summed E-state index contributed by atoms with van der Waals surface area (Å²) >= 11 is 1.54. The number of benzene rings is 2. The fourth-order valence-corrected chi connectivity index (χ4v) is 3.41. The lowest BCUT2D eigenvalue weighted by Crippen LogP contribution is -2.36. The first-order chi connectivity index (χ1) is 14.1. The first-order valence-corrected chi connectivity index (χ1v) is 10.6. The number of carbonyl (C=O) groups is 2. The number of para-hydroxylation sites is 1. The maximum atomic E-state index is 12.7. The standard InChI is InChI=1S/C22H28N2O4S/c1-27-14-12-24(13-15-28-2)22(26)19-10-8-18(9-11-19)16-29-17-21(25)23-20-6-4-3-5-7-20/h3-11H,12-17H2,1-2H3,(H,23,25). The minimum absolute atomic E-state index is 0.0278. The van der Waals surface area contributed by atoms with Crippen molar-refractivity contribution in [2.75, 3.05) is 51.6 Å². The highest BCUT2D eigenvalue weighted by Crippen LogP contribution is 2.15. The summed E-state index contributed by atoms with van der Waals surface area (Å²) < 4.78 is 10.2. The number of nitrogens with zero attached hydrogens (tertiary/aromatic N) is 1. The molecule has 0 aliphatic carbocycles. The lowest BCUT2D eigenvalue weighted by atomic mass is 10.1. The molecular formula is C22H28N2O4S. The van der Waals surface area contributed by atoms with Crippen LogP contribution in [0.1, 0.15) is 15.9 Å². The van der Waals surface area contributed by atoms with Crippen molar-refractivity contribution in [1.82, 2.24) is 4.90 Å². The number of methoxy groups -OCH3 is 2. The number of thioether (sulfide) groups is 1. The van der Waals surface area contributed by atoms with Crippen LogP contribution in [0.15, 0.2) is 54.6 Å². The maximum absolute atomic E-state index is 12.7. The molecule has 0 fully saturated rings. The van der Waals surface area contributed by atoms with Crippen molar-refractivity contribution < 1.29 is 19.1 Å². The third kappa shape index (κ3) is 8.27. The zero-order valence-corrected chi connectivity index (χ0v) is 17.7. The Labute approximate surface area is 176 Å². The Morgan fingerprint density at radius 3 is 2.14 bits per heavy atom. The van der Waals surface area contributed by atoms with Gasteiger partial charge < -0.3 is 19.7 Å². The highest BCUT2D eigenvalue weighted by Gasteiger charge is 2.15. The third-order valence-electron chi connectivity index (χ3n) is 4.18. The van der Waals surface area contributed by atoms with Gasteiger partial charge in [-0.25, -0.2) is 0 Å². The molecule has 2 aromatic carbocycles. The second-order valence-corrected chi connectivity index (χ2v) is 7.37. The van der Waals surface area contributed by atoms with Gasteiger partial charge in [0.05, 0.1) is 19.0 Å². The molecule has 0 saturated carbocycles. The van der Waals surface area contributed by atoms with Crippen molar-refractivity contribution >= 4 is 29.3 Å². The van der Waals surface area contributed by atoms with E-state index < -0.39 is 0 Å². The van der Waals surface area contributed by atoms with E-state index in [0.717, 1.165) is 11.3 Å². The molecule has 2 aromatic rings. The van der Waals surface area contributed by atoms with Crippen molar-refractivity contribution in [2.45, 2.75) is 5.75 Å². The van der Waals surface area contributed by atoms with Gasteiger partial charge in [-0.3, -0.25) is 9.59 Å². The molecule has 0 radical (unpaired) electrons. The summed E-state index contributed by atoms with van der Waals surface area (Å²) in [5.41, 5.74) is 2.50. The SMILES string of the molecule is COCCN(CCOC)C(=O)c1ccc(CSCC(=O)Nc2ccccc2)cc1. The quantitative estimate of drug-likeness (QED) is 0.575. The number of hydrogen-bond donors (Lipinski definition) is 1. The second kappa shape index (κ2) is 13.0. The predicted octanol–water partition coefficient (Wildman–Crippen LogP) is 3.29. The smallest absolute Gasteiger partial charge is 0.254 e. The van der Waals surface area contributed by atoms with E-state index in [-0.39, 0.29) is 11.8 Å². The topological polar surface area (TPSA) is 67.9 Å². The molecule has 0 saturated heterocycles. The summed E-state index contributed by atoms with van der Waals surface area (Å²) in [5.74, 6) is 1.01. The Balaban J connectivity index is 1.82. The zero-order chi connectivity index (χ0) is 20.9. The summed E-state index contributed by atoms with van der Waals surface area (Å²) in [6.07, 6.45) is 0. The lowest BCUT2D eigenvalue weighted by molar-refractivity contribution is -0.113. The average Bonchev–Trinajstić information content (AvgIpc) is 2.74. The van der Waals surface area contributed by atoms with Gasteiger partial charge in [-0.1, -0.05) is 30.3 Å². The normalized spacial score (nSPS) is 10.6. The van der Waals surface area contributed by atoms with Gasteiger partial charge in [0.15, 0.2) is 0 Å². The van der Waals surface area contributed by atoms with Crippen LogP contribution in [0.3, 0.4) is 0 Å². The number of hydrogen-bond acceptors (Lipinski definition) is 5. The molecule has 0 aliphatic rings. The summed E-state index contributed by atoms with van der Waals surface area (Å²) in [6, 6.07) is 16.9. The van der Waals surface area contributed by atoms with Gasteiger partial charge in [-0.05, 0) is 29.8 Å². The molecular weight excluding hydrogens is 388 g/mol. The van der Waals surface area contributed by atoms with Crippen LogP contribution in [0.25, 0.3) is 0 Å². The van der Waals surface area contributed by atoms with Crippen molar-refractivity contribution in [1.29, 1.82) is 0 Å². The number of ether oxygens (including phenoxy) is 2. The van der Waals surface area contributed by atoms with Crippen LogP contribution in [0.5, 0.6) is 0 Å². The highest BCUT2D eigenvalue weighted by molar-refractivity contribution is 7.99. The highest BCUT2D eigenvalue weighted by atomic mass is 32.2. The van der Waals surface area contributed by atoms with Crippen LogP contribution in [0, 0.1) is 0 Å². The Kier molecular flexibility index (Phi) is 10.3. The Hall–Kier alpha value is -2.35. The summed E-state index contributed by atoms with van der Waals surface area (Å²) in [4.78, 5) is 26.4. The number of rotatable bonds is 12. The van der Waals surface area contributed by atoms with Gasteiger partial charge in [0.1, 0.15) is 0 Å². The largest absolute Gasteiger partial charge is 0.383 e. The lowest BCUT2D eigenvalue weighted by Gasteiger charge is -2.22. The van der Waals surface area contributed by atoms with Crippen molar-refractivity contribution in [3.63, 3.8) is 0 Å². The van der Waals surface area contributed by atoms with Gasteiger partial charge in [-0.2, -0.15) is 0 Å². The van der Waals surface area contributed by atoms with E-state index >= 15 is 0 Å². The molecule has 0 aliphatic heterocycles. The number of amides is 2. The van der Waals surface area contributed by atoms with E-state index in [0.29, 0.717) is 43.4 Å². The molecule has 6 nitrogen and oxygen atoms in total. The van der Waals surface area contributed by atoms with Crippen LogP contribution < -0.4 is 5.32 Å². The molecule has 1 N–H and O–H groups in total. The fourth-order valence-electron chi connectivity index (χ4n) is 2.62. The Morgan fingerprint density at radius 1 is 0.931 bits per heavy atom. The van der Waals surface area contributed by atoms with Gasteiger partial charge in [0.25, 0.3) is 5.91 Å². The molecule has 0 spiro atoms. The molecule has 0 aromatic heterocycles. The van der Waals surface area contributed by atoms with Crippen LogP contribution in [-0.4, -0.2) is 63.0 Å². The number of anilines is 1. The molecule has 156 valence electrons. The van der Waals surface area contributed by atoms with Gasteiger partial charge in [-0.15, -0.1) is 11.8 Å². The van der Waals surface area contributed by atoms with Gasteiger partial charge >= 0.3 is 0 Å². The molecule has 0 atom stereocenters. The van der Waals surface area contributed by atoms with Crippen LogP contribution in [-0.2, 0) is 20.0 Å². The van der Waals surface area contributed by atoms with Crippen molar-refractivity contribution in [2.24, 2.45) is 0 Å². The van der Waals surface area contributed by atoms with Crippen LogP contribution in [0.2, 0.25) is 0 Å². The minimum atomic E-state index is -0.0412. The Bertz CT molecular complexity index is 745. The van der Waals surface area contributed by atoms with Crippen LogP contribution >= 0.6 is 11.8 Å². The number of carbonyl (C=O) groups excluding carboxylic acids is 2. The van der Waals surface area contributed by atoms with E-state index in [2.05, 4.69) is 5.32 Å². The number of nitrogens with one attached hydrogen (secondary N) is 1. The molecule has 0 bridgehead atoms. The molecule has 29 heavy (non-hydrogen) atoms. The Morgan fingerprint density at radius 2 is 1.55 bits per heavy atom. The van der Waals surface area contributed by atoms with E-state index in [1.807, 2.05) is 54.6 Å². The van der Waals surface area contributed by atoms with Crippen LogP contribution in [0.4, 0.5) is 5.69 Å². The molecule has 7 heteroatoms. The van der Waals surface area contributed by atoms with E-state index in [9.17, 15) is 9.59 Å². The van der Waals surface area contributed by atoms with Crippen molar-refractivity contribution in [3.05, 3.63) is 65.7 Å². The molecule has 0 heterocycles. The van der Waals surface area contributed by atoms with E-state index in [4.69, 9.17) is 9.47 Å². The maximum Gasteiger partial charge on any atom is 0.254 e. The average molecular weight is 417 g/mol. The monoisotopic (exact) mass is 416 g/mol. The molecule has 2 rings (SSSR count). The molecule has 0 unspecified atom stereocenters. The van der Waals surface area contributed by atoms with Crippen molar-refractivity contribution in [3.8, 4) is 0 Å². The first-order valence-electron chi connectivity index (χ1n) is 9.42. The summed E-state index contributed by atoms with van der Waals surface area (Å²) in [7, 11) is 3.23. The summed E-state index contributed by atoms with van der Waals surface area (Å²) in [6.45, 7) is 2.00. The third-order valence-corrected chi connectivity index (χ3v) is 5.18. The first kappa shape index (κ1) is 22.9.